The van der Waals surface area contributed by atoms with Gasteiger partial charge in [0.2, 0.25) is 6.29 Å². The molecule has 1 fully saturated rings. The van der Waals surface area contributed by atoms with E-state index in [1.54, 1.807) is 50.6 Å². The summed E-state index contributed by atoms with van der Waals surface area (Å²) in [6.45, 7) is 5.78. The van der Waals surface area contributed by atoms with Crippen LogP contribution in [0.5, 0.6) is 11.5 Å². The molecule has 0 unspecified atom stereocenters. The number of hydrogen-bond donors (Lipinski definition) is 3. The lowest BCUT2D eigenvalue weighted by Gasteiger charge is -2.41. The number of rotatable bonds is 6. The third-order valence-electron chi connectivity index (χ3n) is 6.12. The second-order valence-corrected chi connectivity index (χ2v) is 9.09. The highest BCUT2D eigenvalue weighted by Gasteiger charge is 2.39. The maximum absolute atomic E-state index is 12.6. The molecule has 206 valence electrons. The Bertz CT molecular complexity index is 1350. The molecule has 0 aliphatic carbocycles. The fraction of sp³-hybridized carbons (Fsp3) is 0.370. The minimum atomic E-state index is -1.83. The molecule has 11 heteroatoms. The second kappa shape index (κ2) is 12.0. The van der Waals surface area contributed by atoms with Crippen molar-refractivity contribution in [3.8, 4) is 11.5 Å². The van der Waals surface area contributed by atoms with Gasteiger partial charge in [0.05, 0.1) is 18.8 Å². The summed E-state index contributed by atoms with van der Waals surface area (Å²) in [5, 5.41) is 17.2. The Kier molecular flexibility index (Phi) is 8.97. The molecule has 3 N–H and O–H groups in total. The van der Waals surface area contributed by atoms with Gasteiger partial charge in [-0.2, -0.15) is 0 Å². The van der Waals surface area contributed by atoms with E-state index in [0.29, 0.717) is 40.0 Å². The Hall–Kier alpha value is -4.09. The molecule has 2 atom stereocenters. The van der Waals surface area contributed by atoms with Gasteiger partial charge in [-0.3, -0.25) is 4.79 Å². The Morgan fingerprint density at radius 2 is 1.74 bits per heavy atom. The largest absolute Gasteiger partial charge is 0.503 e. The summed E-state index contributed by atoms with van der Waals surface area (Å²) < 4.78 is 28.4. The Morgan fingerprint density at radius 3 is 2.32 bits per heavy atom. The van der Waals surface area contributed by atoms with Crippen LogP contribution in [0.4, 0.5) is 10.5 Å². The Balaban J connectivity index is 0.000000998. The Labute approximate surface area is 220 Å². The van der Waals surface area contributed by atoms with E-state index in [-0.39, 0.29) is 13.2 Å². The summed E-state index contributed by atoms with van der Waals surface area (Å²) in [6.07, 6.45) is -0.783. The van der Waals surface area contributed by atoms with Crippen LogP contribution in [0.1, 0.15) is 44.0 Å². The molecule has 1 aliphatic heterocycles. The molecule has 1 aromatic heterocycles. The lowest BCUT2D eigenvalue weighted by atomic mass is 9.94. The van der Waals surface area contributed by atoms with Crippen molar-refractivity contribution in [2.24, 2.45) is 0 Å². The number of carbonyl (C=O) groups excluding carboxylic acids is 1. The molecule has 0 saturated carbocycles. The highest BCUT2D eigenvalue weighted by molar-refractivity contribution is 6.04. The van der Waals surface area contributed by atoms with E-state index in [0.717, 1.165) is 6.42 Å². The first kappa shape index (κ1) is 28.5. The van der Waals surface area contributed by atoms with Gasteiger partial charge in [0.25, 0.3) is 5.91 Å². The van der Waals surface area contributed by atoms with Gasteiger partial charge in [0, 0.05) is 31.5 Å². The maximum atomic E-state index is 12.6. The molecular weight excluding hydrogens is 498 g/mol. The van der Waals surface area contributed by atoms with Crippen molar-refractivity contribution in [3.63, 3.8) is 0 Å². The van der Waals surface area contributed by atoms with Crippen molar-refractivity contribution in [1.82, 2.24) is 0 Å². The van der Waals surface area contributed by atoms with E-state index in [1.165, 1.54) is 0 Å². The van der Waals surface area contributed by atoms with Crippen molar-refractivity contribution < 1.29 is 44.6 Å². The van der Waals surface area contributed by atoms with E-state index in [1.807, 2.05) is 26.8 Å². The van der Waals surface area contributed by atoms with Crippen LogP contribution in [0, 0.1) is 6.92 Å². The zero-order valence-electron chi connectivity index (χ0n) is 21.8. The number of carboxylic acid groups (broad SMARTS) is 2. The molecule has 2 aromatic carbocycles. The first-order valence-corrected chi connectivity index (χ1v) is 11.8. The Morgan fingerprint density at radius 1 is 1.08 bits per heavy atom. The smallest absolute Gasteiger partial charge is 0.497 e. The molecule has 1 saturated heterocycles. The first-order valence-electron chi connectivity index (χ1n) is 11.8. The fourth-order valence-electron chi connectivity index (χ4n) is 4.19. The van der Waals surface area contributed by atoms with E-state index in [2.05, 4.69) is 5.32 Å². The van der Waals surface area contributed by atoms with Crippen molar-refractivity contribution >= 4 is 28.7 Å². The van der Waals surface area contributed by atoms with Gasteiger partial charge in [0.15, 0.2) is 0 Å². The van der Waals surface area contributed by atoms with Crippen LogP contribution in [0.3, 0.4) is 0 Å². The van der Waals surface area contributed by atoms with Crippen LogP contribution in [0.15, 0.2) is 51.7 Å². The van der Waals surface area contributed by atoms with Crippen molar-refractivity contribution in [1.29, 1.82) is 0 Å². The van der Waals surface area contributed by atoms with E-state index >= 15 is 0 Å². The summed E-state index contributed by atoms with van der Waals surface area (Å²) in [5.41, 5.74) is 0.405. The summed E-state index contributed by atoms with van der Waals surface area (Å²) in [5.74, 6) is 0.788. The number of amides is 1. The number of carbonyl (C=O) groups is 2. The molecule has 3 aromatic rings. The molecule has 2 heterocycles. The predicted octanol–water partition coefficient (Wildman–Crippen LogP) is 5.14. The quantitative estimate of drug-likeness (QED) is 0.364. The first-order chi connectivity index (χ1) is 17.9. The monoisotopic (exact) mass is 531 g/mol. The predicted molar refractivity (Wildman–Crippen MR) is 141 cm³/mol. The van der Waals surface area contributed by atoms with Gasteiger partial charge < -0.3 is 38.9 Å². The van der Waals surface area contributed by atoms with Crippen LogP contribution in [-0.4, -0.2) is 54.5 Å². The number of ether oxygens (including phenoxy) is 4. The van der Waals surface area contributed by atoms with Crippen molar-refractivity contribution in [3.05, 3.63) is 64.0 Å². The topological polar surface area (TPSA) is 154 Å². The van der Waals surface area contributed by atoms with Gasteiger partial charge in [-0.05, 0) is 69.7 Å². The maximum Gasteiger partial charge on any atom is 0.503 e. The molecule has 4 rings (SSSR count). The highest BCUT2D eigenvalue weighted by Crippen LogP contribution is 2.34. The number of aryl methyl sites for hydroxylation is 1. The normalized spacial score (nSPS) is 18.1. The molecule has 0 spiro atoms. The van der Waals surface area contributed by atoms with Crippen LogP contribution in [0.2, 0.25) is 0 Å². The van der Waals surface area contributed by atoms with E-state index in [4.69, 9.17) is 38.4 Å². The van der Waals surface area contributed by atoms with Crippen LogP contribution < -0.4 is 20.4 Å². The second-order valence-electron chi connectivity index (χ2n) is 9.09. The molecule has 38 heavy (non-hydrogen) atoms. The number of fused-ring (bicyclic) bond motifs is 1. The molecular formula is C27H33NO10. The molecule has 11 nitrogen and oxygen atoms in total. The summed E-state index contributed by atoms with van der Waals surface area (Å²) in [4.78, 5) is 33.7. The molecule has 0 bridgehead atoms. The average molecular weight is 532 g/mol. The van der Waals surface area contributed by atoms with Gasteiger partial charge in [-0.25, -0.2) is 9.59 Å². The SMILES string of the molecule is COc1ccc(C(=O)Nc2cc3ccc(O[C@H]4CC[C@@H](OC)C(C)(C)O4)c(C)c3oc2=O)cc1.O=C(O)O.[HH]. The highest BCUT2D eigenvalue weighted by atomic mass is 16.7. The number of hydrogen-bond acceptors (Lipinski definition) is 8. The number of benzene rings is 2. The van der Waals surface area contributed by atoms with Crippen molar-refractivity contribution in [2.75, 3.05) is 19.5 Å². The van der Waals surface area contributed by atoms with Crippen LogP contribution in [0.25, 0.3) is 11.0 Å². The lowest BCUT2D eigenvalue weighted by Crippen LogP contribution is -2.49. The molecule has 0 radical (unpaired) electrons. The third kappa shape index (κ3) is 6.81. The zero-order chi connectivity index (χ0) is 28.0. The zero-order valence-corrected chi connectivity index (χ0v) is 21.8. The summed E-state index contributed by atoms with van der Waals surface area (Å²) >= 11 is 0. The molecule has 1 aliphatic rings. The average Bonchev–Trinajstić information content (AvgIpc) is 2.86. The summed E-state index contributed by atoms with van der Waals surface area (Å²) in [6, 6.07) is 11.8. The summed E-state index contributed by atoms with van der Waals surface area (Å²) in [7, 11) is 3.23. The minimum absolute atomic E-state index is 0. The fourth-order valence-corrected chi connectivity index (χ4v) is 4.19. The van der Waals surface area contributed by atoms with Gasteiger partial charge >= 0.3 is 11.8 Å². The van der Waals surface area contributed by atoms with Crippen LogP contribution >= 0.6 is 0 Å². The van der Waals surface area contributed by atoms with Crippen LogP contribution in [-0.2, 0) is 9.47 Å². The van der Waals surface area contributed by atoms with E-state index < -0.39 is 29.6 Å². The standard InChI is InChI=1S/C26H29NO7.CH2O3.H2/c1-15-20(32-22-13-12-21(31-5)26(2,3)34-22)11-8-17-14-19(25(29)33-23(15)17)27-24(28)16-6-9-18(30-4)10-7-16;2-1(3)4;/h6-11,14,21-22H,12-13H2,1-5H3,(H,27,28);(H2,2,3,4);1H/t21-,22-;;/m1../s1. The third-order valence-corrected chi connectivity index (χ3v) is 6.12. The lowest BCUT2D eigenvalue weighted by molar-refractivity contribution is -0.233. The number of methoxy groups -OCH3 is 2. The van der Waals surface area contributed by atoms with E-state index in [9.17, 15) is 9.59 Å². The number of nitrogens with one attached hydrogen (secondary N) is 1. The minimum Gasteiger partial charge on any atom is -0.497 e. The van der Waals surface area contributed by atoms with Gasteiger partial charge in [0.1, 0.15) is 22.8 Å². The number of anilines is 1. The van der Waals surface area contributed by atoms with Gasteiger partial charge in [-0.1, -0.05) is 0 Å². The van der Waals surface area contributed by atoms with Gasteiger partial charge in [-0.15, -0.1) is 0 Å². The molecule has 1 amide bonds. The van der Waals surface area contributed by atoms with Crippen molar-refractivity contribution in [2.45, 2.75) is 51.6 Å².